The maximum Gasteiger partial charge on any atom is 0.0195 e. The molecule has 0 aliphatic rings. The maximum atomic E-state index is 2.35. The first-order chi connectivity index (χ1) is 7.91. The highest BCUT2D eigenvalue weighted by atomic mass is 32.2. The van der Waals surface area contributed by atoms with Gasteiger partial charge in [0.2, 0.25) is 0 Å². The van der Waals surface area contributed by atoms with E-state index in [1.165, 1.54) is 55.7 Å². The van der Waals surface area contributed by atoms with Gasteiger partial charge in [0, 0.05) is 19.0 Å². The lowest BCUT2D eigenvalue weighted by Crippen LogP contribution is -1.90. The minimum Gasteiger partial charge on any atom is -0.162 e. The molecule has 0 fully saturated rings. The third-order valence-electron chi connectivity index (χ3n) is 3.03. The van der Waals surface area contributed by atoms with Crippen molar-refractivity contribution in [1.82, 2.24) is 0 Å². The second-order valence-corrected chi connectivity index (χ2v) is 10.8. The molecule has 0 heterocycles. The summed E-state index contributed by atoms with van der Waals surface area (Å²) in [5, 5.41) is 0. The van der Waals surface area contributed by atoms with Crippen molar-refractivity contribution in [1.29, 1.82) is 0 Å². The van der Waals surface area contributed by atoms with Crippen molar-refractivity contribution < 1.29 is 0 Å². The number of hydrogen-bond acceptors (Lipinski definition) is 1. The SMILES string of the molecule is CC[SiH2]CCCCCCSCCC[SiH2]CC. The summed E-state index contributed by atoms with van der Waals surface area (Å²) in [6.07, 6.45) is 7.52. The summed E-state index contributed by atoms with van der Waals surface area (Å²) in [5.41, 5.74) is 0. The summed E-state index contributed by atoms with van der Waals surface area (Å²) in [6, 6.07) is 6.21. The fourth-order valence-electron chi connectivity index (χ4n) is 1.89. The molecule has 0 atom stereocenters. The summed E-state index contributed by atoms with van der Waals surface area (Å²) < 4.78 is 0. The predicted octanol–water partition coefficient (Wildman–Crippen LogP) is 3.72. The van der Waals surface area contributed by atoms with E-state index in [0.717, 1.165) is 0 Å². The molecule has 0 aromatic carbocycles. The van der Waals surface area contributed by atoms with Crippen LogP contribution < -0.4 is 0 Å². The van der Waals surface area contributed by atoms with Crippen LogP contribution in [0.5, 0.6) is 0 Å². The van der Waals surface area contributed by atoms with E-state index >= 15 is 0 Å². The van der Waals surface area contributed by atoms with Crippen LogP contribution >= 0.6 is 11.8 Å². The van der Waals surface area contributed by atoms with Gasteiger partial charge in [-0.15, -0.1) is 0 Å². The third-order valence-corrected chi connectivity index (χ3v) is 7.60. The lowest BCUT2D eigenvalue weighted by Gasteiger charge is -2.02. The molecule has 0 nitrogen and oxygen atoms in total. The molecule has 0 aromatic rings. The normalized spacial score (nSPS) is 12.4. The van der Waals surface area contributed by atoms with Crippen molar-refractivity contribution in [3.05, 3.63) is 0 Å². The molecule has 16 heavy (non-hydrogen) atoms. The summed E-state index contributed by atoms with van der Waals surface area (Å²) in [7, 11) is 0.721. The molecule has 0 spiro atoms. The van der Waals surface area contributed by atoms with Gasteiger partial charge in [-0.3, -0.25) is 0 Å². The van der Waals surface area contributed by atoms with Crippen LogP contribution in [0, 0.1) is 0 Å². The van der Waals surface area contributed by atoms with Gasteiger partial charge in [0.1, 0.15) is 0 Å². The van der Waals surface area contributed by atoms with Crippen LogP contribution in [-0.4, -0.2) is 30.5 Å². The first-order valence-corrected chi connectivity index (χ1v) is 12.6. The molecule has 3 heteroatoms. The van der Waals surface area contributed by atoms with Crippen molar-refractivity contribution >= 4 is 30.8 Å². The lowest BCUT2D eigenvalue weighted by molar-refractivity contribution is 0.704. The molecule has 0 saturated carbocycles. The smallest absolute Gasteiger partial charge is 0.0195 e. The van der Waals surface area contributed by atoms with Gasteiger partial charge in [0.25, 0.3) is 0 Å². The molecule has 0 bridgehead atoms. The van der Waals surface area contributed by atoms with Crippen molar-refractivity contribution in [2.45, 2.75) is 70.1 Å². The van der Waals surface area contributed by atoms with Crippen LogP contribution in [0.1, 0.15) is 46.0 Å². The fourth-order valence-corrected chi connectivity index (χ4v) is 5.59. The summed E-state index contributed by atoms with van der Waals surface area (Å²) in [4.78, 5) is 0. The van der Waals surface area contributed by atoms with E-state index in [9.17, 15) is 0 Å². The predicted molar refractivity (Wildman–Crippen MR) is 88.1 cm³/mol. The summed E-state index contributed by atoms with van der Waals surface area (Å²) in [5.74, 6) is 2.87. The van der Waals surface area contributed by atoms with Gasteiger partial charge < -0.3 is 0 Å². The van der Waals surface area contributed by atoms with E-state index in [1.54, 1.807) is 12.1 Å². The molecule has 0 unspecified atom stereocenters. The van der Waals surface area contributed by atoms with Gasteiger partial charge in [-0.25, -0.2) is 0 Å². The molecule has 0 aliphatic heterocycles. The van der Waals surface area contributed by atoms with Crippen LogP contribution in [0.4, 0.5) is 0 Å². The van der Waals surface area contributed by atoms with Crippen LogP contribution in [0.3, 0.4) is 0 Å². The highest BCUT2D eigenvalue weighted by Gasteiger charge is 1.93. The quantitative estimate of drug-likeness (QED) is 0.365. The number of rotatable bonds is 13. The van der Waals surface area contributed by atoms with E-state index < -0.39 is 0 Å². The first-order valence-electron chi connectivity index (χ1n) is 7.49. The molecular weight excluding hydrogens is 244 g/mol. The molecule has 0 amide bonds. The highest BCUT2D eigenvalue weighted by molar-refractivity contribution is 7.99. The van der Waals surface area contributed by atoms with E-state index in [-0.39, 0.29) is 0 Å². The Hall–Kier alpha value is 0.784. The molecule has 0 aliphatic carbocycles. The van der Waals surface area contributed by atoms with Crippen LogP contribution in [0.15, 0.2) is 0 Å². The zero-order valence-electron chi connectivity index (χ0n) is 11.6. The Morgan fingerprint density at radius 2 is 1.25 bits per heavy atom. The third kappa shape index (κ3) is 14.8. The standard InChI is InChI=1S/C13H32SSi2/c1-3-15-12-8-6-5-7-10-14-11-9-13-16-4-2/h3-13,15-16H2,1-2H3. The van der Waals surface area contributed by atoms with Crippen molar-refractivity contribution in [3.63, 3.8) is 0 Å². The van der Waals surface area contributed by atoms with Crippen LogP contribution in [0.2, 0.25) is 24.2 Å². The monoisotopic (exact) mass is 276 g/mol. The second kappa shape index (κ2) is 15.8. The zero-order valence-corrected chi connectivity index (χ0v) is 15.2. The highest BCUT2D eigenvalue weighted by Crippen LogP contribution is 2.11. The number of unbranched alkanes of at least 4 members (excludes halogenated alkanes) is 3. The van der Waals surface area contributed by atoms with Gasteiger partial charge in [-0.1, -0.05) is 57.3 Å². The zero-order chi connectivity index (χ0) is 11.9. The van der Waals surface area contributed by atoms with Gasteiger partial charge in [-0.05, 0) is 24.3 Å². The van der Waals surface area contributed by atoms with Gasteiger partial charge in [0.05, 0.1) is 0 Å². The topological polar surface area (TPSA) is 0 Å². The summed E-state index contributed by atoms with van der Waals surface area (Å²) in [6.45, 7) is 4.70. The molecule has 0 rings (SSSR count). The summed E-state index contributed by atoms with van der Waals surface area (Å²) >= 11 is 2.20. The Bertz CT molecular complexity index is 107. The molecule has 98 valence electrons. The Morgan fingerprint density at radius 3 is 1.94 bits per heavy atom. The number of hydrogen-bond donors (Lipinski definition) is 0. The molecular formula is C13H32SSi2. The average molecular weight is 277 g/mol. The van der Waals surface area contributed by atoms with Crippen LogP contribution in [0.25, 0.3) is 0 Å². The van der Waals surface area contributed by atoms with Gasteiger partial charge in [-0.2, -0.15) is 11.8 Å². The largest absolute Gasteiger partial charge is 0.162 e. The Morgan fingerprint density at radius 1 is 0.688 bits per heavy atom. The second-order valence-electron chi connectivity index (χ2n) is 4.79. The molecule has 0 radical (unpaired) electrons. The number of thioether (sulfide) groups is 1. The molecule has 0 saturated heterocycles. The van der Waals surface area contributed by atoms with E-state index in [2.05, 4.69) is 25.6 Å². The van der Waals surface area contributed by atoms with Crippen LogP contribution in [-0.2, 0) is 0 Å². The maximum absolute atomic E-state index is 2.35. The molecule has 0 aromatic heterocycles. The van der Waals surface area contributed by atoms with Gasteiger partial charge in [0.15, 0.2) is 0 Å². The Balaban J connectivity index is 2.83. The fraction of sp³-hybridized carbons (Fsp3) is 1.00. The average Bonchev–Trinajstić information content (AvgIpc) is 2.31. The van der Waals surface area contributed by atoms with Gasteiger partial charge >= 0.3 is 0 Å². The molecule has 0 N–H and O–H groups in total. The van der Waals surface area contributed by atoms with Crippen molar-refractivity contribution in [3.8, 4) is 0 Å². The van der Waals surface area contributed by atoms with Crippen molar-refractivity contribution in [2.75, 3.05) is 11.5 Å². The van der Waals surface area contributed by atoms with E-state index in [0.29, 0.717) is 19.0 Å². The van der Waals surface area contributed by atoms with Crippen molar-refractivity contribution in [2.24, 2.45) is 0 Å². The Kier molecular flexibility index (Phi) is 16.6. The Labute approximate surface area is 112 Å². The minimum absolute atomic E-state index is 0.356. The minimum atomic E-state index is 0.356. The van der Waals surface area contributed by atoms with E-state index in [1.807, 2.05) is 0 Å². The first kappa shape index (κ1) is 16.8. The lowest BCUT2D eigenvalue weighted by atomic mass is 10.2. The van der Waals surface area contributed by atoms with E-state index in [4.69, 9.17) is 0 Å².